The van der Waals surface area contributed by atoms with Crippen LogP contribution >= 0.6 is 0 Å². The van der Waals surface area contributed by atoms with Crippen LogP contribution in [0.4, 0.5) is 24.5 Å². The van der Waals surface area contributed by atoms with Crippen LogP contribution in [0, 0.1) is 0 Å². The number of para-hydroxylation sites is 1. The second-order valence-electron chi connectivity index (χ2n) is 6.18. The van der Waals surface area contributed by atoms with E-state index in [4.69, 9.17) is 0 Å². The van der Waals surface area contributed by atoms with E-state index in [2.05, 4.69) is 20.7 Å². The van der Waals surface area contributed by atoms with Gasteiger partial charge in [0.2, 0.25) is 11.7 Å². The summed E-state index contributed by atoms with van der Waals surface area (Å²) in [5, 5.41) is 15.1. The monoisotopic (exact) mass is 390 g/mol. The zero-order valence-corrected chi connectivity index (χ0v) is 15.1. The van der Waals surface area contributed by atoms with Gasteiger partial charge in [-0.2, -0.15) is 18.0 Å². The minimum atomic E-state index is -4.39. The van der Waals surface area contributed by atoms with Crippen LogP contribution in [0.15, 0.2) is 48.5 Å². The van der Waals surface area contributed by atoms with Crippen LogP contribution in [0.1, 0.15) is 5.56 Å². The third-order valence-corrected chi connectivity index (χ3v) is 3.89. The maximum atomic E-state index is 12.7. The van der Waals surface area contributed by atoms with E-state index in [1.807, 2.05) is 0 Å². The lowest BCUT2D eigenvalue weighted by Crippen LogP contribution is -2.27. The molecule has 1 heterocycles. The molecular formula is C18H17F3N6O. The number of hydrogen-bond acceptors (Lipinski definition) is 5. The molecule has 10 heteroatoms. The number of benzene rings is 2. The van der Waals surface area contributed by atoms with E-state index in [-0.39, 0.29) is 12.5 Å². The molecule has 1 amide bonds. The van der Waals surface area contributed by atoms with Crippen molar-refractivity contribution < 1.29 is 18.0 Å². The number of amides is 1. The van der Waals surface area contributed by atoms with Crippen molar-refractivity contribution in [3.05, 3.63) is 54.1 Å². The zero-order chi connectivity index (χ0) is 20.3. The van der Waals surface area contributed by atoms with E-state index in [0.717, 1.165) is 12.1 Å². The summed E-state index contributed by atoms with van der Waals surface area (Å²) in [5.41, 5.74) is 0.962. The van der Waals surface area contributed by atoms with Gasteiger partial charge in [0.05, 0.1) is 5.56 Å². The van der Waals surface area contributed by atoms with Gasteiger partial charge in [-0.05, 0) is 41.6 Å². The molecule has 0 saturated carbocycles. The molecule has 28 heavy (non-hydrogen) atoms. The van der Waals surface area contributed by atoms with Crippen LogP contribution in [0.25, 0.3) is 11.4 Å². The molecule has 3 rings (SSSR count). The number of likely N-dealkylation sites (N-methyl/N-ethyl adjacent to an activating group) is 1. The Bertz CT molecular complexity index is 966. The second kappa shape index (κ2) is 7.67. The molecule has 0 aliphatic carbocycles. The summed E-state index contributed by atoms with van der Waals surface area (Å²) in [5.74, 6) is 0.113. The van der Waals surface area contributed by atoms with E-state index in [9.17, 15) is 18.0 Å². The smallest absolute Gasteiger partial charge is 0.355 e. The van der Waals surface area contributed by atoms with Crippen molar-refractivity contribution in [2.75, 3.05) is 19.4 Å². The molecule has 2 aromatic carbocycles. The third kappa shape index (κ3) is 4.45. The molecule has 0 fully saturated rings. The van der Waals surface area contributed by atoms with Crippen molar-refractivity contribution >= 4 is 17.3 Å². The topological polar surface area (TPSA) is 75.9 Å². The van der Waals surface area contributed by atoms with Crippen LogP contribution in [-0.4, -0.2) is 45.1 Å². The van der Waals surface area contributed by atoms with Gasteiger partial charge in [0, 0.05) is 31.0 Å². The number of aromatic nitrogens is 4. The number of alkyl halides is 3. The zero-order valence-electron chi connectivity index (χ0n) is 15.1. The highest BCUT2D eigenvalue weighted by Crippen LogP contribution is 2.32. The summed E-state index contributed by atoms with van der Waals surface area (Å²) in [4.78, 5) is 14.4. The predicted molar refractivity (Wildman–Crippen MR) is 96.7 cm³/mol. The number of tetrazole rings is 1. The van der Waals surface area contributed by atoms with Crippen LogP contribution in [0.3, 0.4) is 0 Å². The van der Waals surface area contributed by atoms with Gasteiger partial charge in [0.25, 0.3) is 0 Å². The molecule has 0 unspecified atom stereocenters. The van der Waals surface area contributed by atoms with Gasteiger partial charge in [0.15, 0.2) is 0 Å². The number of anilines is 2. The highest BCUT2D eigenvalue weighted by atomic mass is 19.4. The van der Waals surface area contributed by atoms with E-state index in [0.29, 0.717) is 22.8 Å². The molecule has 146 valence electrons. The Balaban J connectivity index is 1.82. The van der Waals surface area contributed by atoms with Gasteiger partial charge in [0.1, 0.15) is 6.54 Å². The first kappa shape index (κ1) is 19.3. The molecule has 0 radical (unpaired) electrons. The van der Waals surface area contributed by atoms with Gasteiger partial charge < -0.3 is 10.2 Å². The average Bonchev–Trinajstić information content (AvgIpc) is 3.10. The van der Waals surface area contributed by atoms with Crippen LogP contribution in [-0.2, 0) is 17.5 Å². The van der Waals surface area contributed by atoms with Crippen LogP contribution < -0.4 is 5.32 Å². The molecule has 3 aromatic rings. The van der Waals surface area contributed by atoms with Crippen LogP contribution in [0.2, 0.25) is 0 Å². The quantitative estimate of drug-likeness (QED) is 0.724. The number of carbonyl (C=O) groups excluding carboxylic acids is 1. The third-order valence-electron chi connectivity index (χ3n) is 3.89. The number of hydrogen-bond donors (Lipinski definition) is 1. The maximum Gasteiger partial charge on any atom is 0.416 e. The fourth-order valence-electron chi connectivity index (χ4n) is 2.37. The van der Waals surface area contributed by atoms with E-state index in [1.54, 1.807) is 38.4 Å². The molecule has 0 aliphatic heterocycles. The van der Waals surface area contributed by atoms with Crippen molar-refractivity contribution in [1.29, 1.82) is 0 Å². The van der Waals surface area contributed by atoms with Gasteiger partial charge in [-0.25, -0.2) is 0 Å². The normalized spacial score (nSPS) is 11.3. The SMILES string of the molecule is CN(C)C(=O)Cn1nnc(-c2ccccc2Nc2ccc(C(F)(F)F)cc2)n1. The largest absolute Gasteiger partial charge is 0.416 e. The summed E-state index contributed by atoms with van der Waals surface area (Å²) >= 11 is 0. The number of halogens is 3. The van der Waals surface area contributed by atoms with Crippen molar-refractivity contribution in [2.24, 2.45) is 0 Å². The molecule has 0 bridgehead atoms. The maximum absolute atomic E-state index is 12.7. The summed E-state index contributed by atoms with van der Waals surface area (Å²) in [6, 6.07) is 11.8. The fraction of sp³-hybridized carbons (Fsp3) is 0.222. The van der Waals surface area contributed by atoms with Gasteiger partial charge >= 0.3 is 6.18 Å². The summed E-state index contributed by atoms with van der Waals surface area (Å²) in [6.45, 7) is -0.0471. The van der Waals surface area contributed by atoms with Gasteiger partial charge in [-0.15, -0.1) is 10.2 Å². The number of nitrogens with one attached hydrogen (secondary N) is 1. The first-order chi connectivity index (χ1) is 13.2. The Morgan fingerprint density at radius 1 is 1.11 bits per heavy atom. The summed E-state index contributed by atoms with van der Waals surface area (Å²) in [6.07, 6.45) is -4.39. The van der Waals surface area contributed by atoms with Crippen LogP contribution in [0.5, 0.6) is 0 Å². The van der Waals surface area contributed by atoms with Gasteiger partial charge in [-0.1, -0.05) is 12.1 Å². The number of rotatable bonds is 5. The highest BCUT2D eigenvalue weighted by Gasteiger charge is 2.29. The van der Waals surface area contributed by atoms with Crippen molar-refractivity contribution in [2.45, 2.75) is 12.7 Å². The lowest BCUT2D eigenvalue weighted by Gasteiger charge is -2.11. The molecule has 0 saturated heterocycles. The summed E-state index contributed by atoms with van der Waals surface area (Å²) in [7, 11) is 3.26. The second-order valence-corrected chi connectivity index (χ2v) is 6.18. The Hall–Kier alpha value is -3.43. The lowest BCUT2D eigenvalue weighted by atomic mass is 10.1. The number of nitrogens with zero attached hydrogens (tertiary/aromatic N) is 5. The van der Waals surface area contributed by atoms with Gasteiger partial charge in [-0.3, -0.25) is 4.79 Å². The molecule has 7 nitrogen and oxygen atoms in total. The molecule has 1 N–H and O–H groups in total. The molecule has 0 spiro atoms. The molecular weight excluding hydrogens is 373 g/mol. The van der Waals surface area contributed by atoms with E-state index >= 15 is 0 Å². The van der Waals surface area contributed by atoms with E-state index < -0.39 is 11.7 Å². The van der Waals surface area contributed by atoms with Crippen molar-refractivity contribution in [1.82, 2.24) is 25.1 Å². The first-order valence-corrected chi connectivity index (χ1v) is 8.25. The molecule has 0 aliphatic rings. The minimum Gasteiger partial charge on any atom is -0.355 e. The van der Waals surface area contributed by atoms with Crippen molar-refractivity contribution in [3.8, 4) is 11.4 Å². The Labute approximate surface area is 158 Å². The Morgan fingerprint density at radius 3 is 2.43 bits per heavy atom. The van der Waals surface area contributed by atoms with Crippen molar-refractivity contribution in [3.63, 3.8) is 0 Å². The predicted octanol–water partition coefficient (Wildman–Crippen LogP) is 3.19. The number of carbonyl (C=O) groups is 1. The summed E-state index contributed by atoms with van der Waals surface area (Å²) < 4.78 is 38.1. The standard InChI is InChI=1S/C18H17F3N6O/c1-26(2)16(28)11-27-24-17(23-25-27)14-5-3-4-6-15(14)22-13-9-7-12(8-10-13)18(19,20)21/h3-10,22H,11H2,1-2H3. The average molecular weight is 390 g/mol. The Morgan fingerprint density at radius 2 is 1.79 bits per heavy atom. The Kier molecular flexibility index (Phi) is 5.30. The van der Waals surface area contributed by atoms with E-state index in [1.165, 1.54) is 21.8 Å². The molecule has 1 aromatic heterocycles. The fourth-order valence-corrected chi connectivity index (χ4v) is 2.37. The lowest BCUT2D eigenvalue weighted by molar-refractivity contribution is -0.137. The molecule has 0 atom stereocenters. The minimum absolute atomic E-state index is 0.0471. The first-order valence-electron chi connectivity index (χ1n) is 8.25. The highest BCUT2D eigenvalue weighted by molar-refractivity contribution is 5.77.